The van der Waals surface area contributed by atoms with Gasteiger partial charge in [0.2, 0.25) is 11.8 Å². The normalized spacial score (nSPS) is 12.0. The molecule has 0 aliphatic heterocycles. The van der Waals surface area contributed by atoms with Crippen LogP contribution in [-0.4, -0.2) is 35.2 Å². The van der Waals surface area contributed by atoms with Crippen LogP contribution in [0.15, 0.2) is 11.2 Å². The smallest absolute Gasteiger partial charge is 0.220 e. The van der Waals surface area contributed by atoms with Gasteiger partial charge in [0.15, 0.2) is 5.16 Å². The third-order valence-corrected chi connectivity index (χ3v) is 3.49. The van der Waals surface area contributed by atoms with E-state index >= 15 is 0 Å². The molecule has 17 heavy (non-hydrogen) atoms. The van der Waals surface area contributed by atoms with E-state index in [1.54, 1.807) is 13.0 Å². The summed E-state index contributed by atoms with van der Waals surface area (Å²) in [5.41, 5.74) is 0. The molecular weight excluding hydrogens is 240 g/mol. The predicted molar refractivity (Wildman–Crippen MR) is 65.8 cm³/mol. The quantitative estimate of drug-likeness (QED) is 0.572. The van der Waals surface area contributed by atoms with Crippen LogP contribution < -0.4 is 9.47 Å². The second-order valence-corrected chi connectivity index (χ2v) is 4.53. The van der Waals surface area contributed by atoms with Crippen molar-refractivity contribution in [3.05, 3.63) is 6.07 Å². The Hall–Kier alpha value is -1.30. The van der Waals surface area contributed by atoms with Crippen molar-refractivity contribution >= 4 is 17.5 Å². The van der Waals surface area contributed by atoms with E-state index < -0.39 is 0 Å². The van der Waals surface area contributed by atoms with Crippen LogP contribution in [0.1, 0.15) is 20.3 Å². The number of hydrogen-bond donors (Lipinski definition) is 0. The van der Waals surface area contributed by atoms with Crippen LogP contribution in [0, 0.1) is 0 Å². The number of hydrogen-bond acceptors (Lipinski definition) is 6. The third-order valence-electron chi connectivity index (χ3n) is 2.15. The van der Waals surface area contributed by atoms with Crippen molar-refractivity contribution in [2.45, 2.75) is 30.7 Å². The molecule has 0 N–H and O–H groups in total. The first-order chi connectivity index (χ1) is 8.10. The fourth-order valence-electron chi connectivity index (χ4n) is 1.23. The molecule has 0 radical (unpaired) electrons. The molecule has 1 aromatic rings. The molecule has 0 saturated carbocycles. The van der Waals surface area contributed by atoms with E-state index in [0.717, 1.165) is 6.42 Å². The number of nitrogens with zero attached hydrogens (tertiary/aromatic N) is 2. The fraction of sp³-hybridized carbons (Fsp3) is 0.545. The van der Waals surface area contributed by atoms with Crippen molar-refractivity contribution in [1.29, 1.82) is 0 Å². The molecule has 0 bridgehead atoms. The van der Waals surface area contributed by atoms with Crippen molar-refractivity contribution in [2.75, 3.05) is 14.2 Å². The predicted octanol–water partition coefficient (Wildman–Crippen LogP) is 1.95. The highest BCUT2D eigenvalue weighted by atomic mass is 32.2. The summed E-state index contributed by atoms with van der Waals surface area (Å²) in [7, 11) is 3.05. The van der Waals surface area contributed by atoms with Gasteiger partial charge in [-0.1, -0.05) is 18.7 Å². The molecule has 0 aliphatic carbocycles. The van der Waals surface area contributed by atoms with Gasteiger partial charge >= 0.3 is 0 Å². The number of methoxy groups -OCH3 is 2. The van der Waals surface area contributed by atoms with Crippen molar-refractivity contribution in [3.63, 3.8) is 0 Å². The van der Waals surface area contributed by atoms with Gasteiger partial charge in [0, 0.05) is 0 Å². The molecule has 1 atom stereocenters. The highest BCUT2D eigenvalue weighted by Crippen LogP contribution is 2.26. The van der Waals surface area contributed by atoms with Crippen LogP contribution in [-0.2, 0) is 4.79 Å². The first-order valence-electron chi connectivity index (χ1n) is 5.24. The Bertz CT molecular complexity index is 376. The van der Waals surface area contributed by atoms with E-state index in [1.807, 2.05) is 6.92 Å². The maximum atomic E-state index is 11.3. The van der Waals surface area contributed by atoms with E-state index in [1.165, 1.54) is 26.0 Å². The molecule has 0 saturated heterocycles. The summed E-state index contributed by atoms with van der Waals surface area (Å²) >= 11 is 1.32. The molecule has 1 rings (SSSR count). The monoisotopic (exact) mass is 256 g/mol. The van der Waals surface area contributed by atoms with Gasteiger partial charge in [-0.3, -0.25) is 4.79 Å². The van der Waals surface area contributed by atoms with Gasteiger partial charge in [-0.05, 0) is 13.3 Å². The lowest BCUT2D eigenvalue weighted by molar-refractivity contribution is -0.116. The molecule has 0 aliphatic rings. The lowest BCUT2D eigenvalue weighted by atomic mass is 10.2. The Morgan fingerprint density at radius 2 is 1.88 bits per heavy atom. The van der Waals surface area contributed by atoms with Gasteiger partial charge in [0.05, 0.1) is 25.5 Å². The molecule has 0 amide bonds. The van der Waals surface area contributed by atoms with Crippen LogP contribution in [0.5, 0.6) is 11.8 Å². The summed E-state index contributed by atoms with van der Waals surface area (Å²) in [4.78, 5) is 19.7. The Balaban J connectivity index is 2.92. The molecule has 0 aromatic carbocycles. The molecule has 94 valence electrons. The van der Waals surface area contributed by atoms with Gasteiger partial charge in [0.1, 0.15) is 5.78 Å². The average molecular weight is 256 g/mol. The molecule has 1 unspecified atom stereocenters. The zero-order chi connectivity index (χ0) is 12.8. The molecule has 1 heterocycles. The van der Waals surface area contributed by atoms with Gasteiger partial charge < -0.3 is 9.47 Å². The first-order valence-corrected chi connectivity index (χ1v) is 6.12. The third kappa shape index (κ3) is 3.89. The largest absolute Gasteiger partial charge is 0.481 e. The van der Waals surface area contributed by atoms with Crippen molar-refractivity contribution in [3.8, 4) is 11.8 Å². The van der Waals surface area contributed by atoms with Crippen LogP contribution in [0.25, 0.3) is 0 Å². The summed E-state index contributed by atoms with van der Waals surface area (Å²) in [6.45, 7) is 3.52. The second-order valence-electron chi connectivity index (χ2n) is 3.36. The average Bonchev–Trinajstić information content (AvgIpc) is 2.34. The number of aromatic nitrogens is 2. The second kappa shape index (κ2) is 6.44. The highest BCUT2D eigenvalue weighted by Gasteiger charge is 2.16. The van der Waals surface area contributed by atoms with Gasteiger partial charge in [0.25, 0.3) is 0 Å². The molecule has 1 aromatic heterocycles. The number of Topliss-reactive ketones (excluding diaryl/α,β-unsaturated/α-hetero) is 1. The SMILES string of the molecule is CCC(Sc1nc(OC)cc(OC)n1)C(C)=O. The minimum atomic E-state index is -0.133. The summed E-state index contributed by atoms with van der Waals surface area (Å²) < 4.78 is 10.1. The van der Waals surface area contributed by atoms with Crippen LogP contribution in [0.4, 0.5) is 0 Å². The molecule has 0 fully saturated rings. The lowest BCUT2D eigenvalue weighted by Gasteiger charge is -2.10. The van der Waals surface area contributed by atoms with Gasteiger partial charge in [-0.25, -0.2) is 0 Å². The van der Waals surface area contributed by atoms with Crippen LogP contribution in [0.3, 0.4) is 0 Å². The van der Waals surface area contributed by atoms with E-state index in [-0.39, 0.29) is 11.0 Å². The van der Waals surface area contributed by atoms with Crippen molar-refractivity contribution < 1.29 is 14.3 Å². The molecule has 0 spiro atoms. The topological polar surface area (TPSA) is 61.3 Å². The van der Waals surface area contributed by atoms with Crippen LogP contribution in [0.2, 0.25) is 0 Å². The molecule has 6 heteroatoms. The summed E-state index contributed by atoms with van der Waals surface area (Å²) in [6, 6.07) is 1.60. The van der Waals surface area contributed by atoms with Gasteiger partial charge in [-0.15, -0.1) is 0 Å². The standard InChI is InChI=1S/C11H16N2O3S/c1-5-8(7(2)14)17-11-12-9(15-3)6-10(13-11)16-4/h6,8H,5H2,1-4H3. The Morgan fingerprint density at radius 1 is 1.35 bits per heavy atom. The van der Waals surface area contributed by atoms with Crippen LogP contribution >= 0.6 is 11.8 Å². The summed E-state index contributed by atoms with van der Waals surface area (Å²) in [6.07, 6.45) is 0.739. The minimum Gasteiger partial charge on any atom is -0.481 e. The maximum Gasteiger partial charge on any atom is 0.220 e. The zero-order valence-electron chi connectivity index (χ0n) is 10.4. The van der Waals surface area contributed by atoms with E-state index in [0.29, 0.717) is 16.9 Å². The first kappa shape index (κ1) is 13.8. The zero-order valence-corrected chi connectivity index (χ0v) is 11.2. The number of ketones is 1. The Morgan fingerprint density at radius 3 is 2.24 bits per heavy atom. The molecule has 5 nitrogen and oxygen atoms in total. The maximum absolute atomic E-state index is 11.3. The van der Waals surface area contributed by atoms with Crippen molar-refractivity contribution in [1.82, 2.24) is 9.97 Å². The number of carbonyl (C=O) groups is 1. The summed E-state index contributed by atoms with van der Waals surface area (Å²) in [5.74, 6) is 0.971. The number of thioether (sulfide) groups is 1. The minimum absolute atomic E-state index is 0.114. The van der Waals surface area contributed by atoms with Crippen molar-refractivity contribution in [2.24, 2.45) is 0 Å². The number of ether oxygens (including phenoxy) is 2. The number of rotatable bonds is 6. The Labute approximate surface area is 105 Å². The number of carbonyl (C=O) groups excluding carboxylic acids is 1. The fourth-order valence-corrected chi connectivity index (χ4v) is 2.10. The van der Waals surface area contributed by atoms with E-state index in [2.05, 4.69) is 9.97 Å². The van der Waals surface area contributed by atoms with E-state index in [4.69, 9.17) is 9.47 Å². The van der Waals surface area contributed by atoms with Gasteiger partial charge in [-0.2, -0.15) is 9.97 Å². The Kier molecular flexibility index (Phi) is 5.21. The highest BCUT2D eigenvalue weighted by molar-refractivity contribution is 8.00. The molecular formula is C11H16N2O3S. The summed E-state index contributed by atoms with van der Waals surface area (Å²) in [5, 5.41) is 0.357. The van der Waals surface area contributed by atoms with E-state index in [9.17, 15) is 4.79 Å². The lowest BCUT2D eigenvalue weighted by Crippen LogP contribution is -2.12.